The van der Waals surface area contributed by atoms with E-state index in [1.54, 1.807) is 30.3 Å². The van der Waals surface area contributed by atoms with Gasteiger partial charge in [-0.15, -0.1) is 0 Å². The van der Waals surface area contributed by atoms with Crippen molar-refractivity contribution in [3.63, 3.8) is 0 Å². The lowest BCUT2D eigenvalue weighted by Gasteiger charge is -2.17. The van der Waals surface area contributed by atoms with Crippen molar-refractivity contribution in [2.24, 2.45) is 0 Å². The minimum Gasteiger partial charge on any atom is -0.289 e. The highest BCUT2D eigenvalue weighted by Crippen LogP contribution is 2.28. The molecule has 3 heteroatoms. The Morgan fingerprint density at radius 3 is 1.94 bits per heavy atom. The summed E-state index contributed by atoms with van der Waals surface area (Å²) < 4.78 is 0.828. The van der Waals surface area contributed by atoms with E-state index in [1.165, 1.54) is 0 Å². The van der Waals surface area contributed by atoms with Gasteiger partial charge in [-0.05, 0) is 17.7 Å². The van der Waals surface area contributed by atoms with Crippen molar-refractivity contribution in [1.29, 1.82) is 0 Å². The summed E-state index contributed by atoms with van der Waals surface area (Å²) >= 11 is 2.24. The van der Waals surface area contributed by atoms with Gasteiger partial charge in [0.15, 0.2) is 11.6 Å². The van der Waals surface area contributed by atoms with Crippen molar-refractivity contribution in [2.45, 2.75) is 4.43 Å². The fraction of sp³-hybridized carbons (Fsp3) is 0.0667. The maximum absolute atomic E-state index is 12.4. The average molecular weight is 348 g/mol. The molecule has 0 radical (unpaired) electrons. The Bertz CT molecular complexity index is 674. The van der Waals surface area contributed by atoms with Gasteiger partial charge in [-0.25, -0.2) is 0 Å². The van der Waals surface area contributed by atoms with Gasteiger partial charge in [-0.1, -0.05) is 52.9 Å². The molecule has 0 N–H and O–H groups in total. The molecule has 1 aliphatic carbocycles. The highest BCUT2D eigenvalue weighted by molar-refractivity contribution is 14.1. The molecule has 0 fully saturated rings. The molecule has 0 heterocycles. The second-order valence-corrected chi connectivity index (χ2v) is 4.98. The number of rotatable bonds is 1. The molecule has 0 aliphatic heterocycles. The van der Waals surface area contributed by atoms with Crippen LogP contribution >= 0.6 is 22.6 Å². The zero-order chi connectivity index (χ0) is 12.7. The van der Waals surface area contributed by atoms with Crippen LogP contribution in [-0.4, -0.2) is 11.6 Å². The first-order valence-corrected chi connectivity index (χ1v) is 7.12. The fourth-order valence-electron chi connectivity index (χ4n) is 2.23. The van der Waals surface area contributed by atoms with Gasteiger partial charge in [0.2, 0.25) is 0 Å². The molecular formula is C15H9IO2. The zero-order valence-corrected chi connectivity index (χ0v) is 11.6. The van der Waals surface area contributed by atoms with Gasteiger partial charge in [-0.3, -0.25) is 9.59 Å². The average Bonchev–Trinajstić information content (AvgIpc) is 2.44. The molecule has 18 heavy (non-hydrogen) atoms. The van der Waals surface area contributed by atoms with Gasteiger partial charge in [-0.2, -0.15) is 0 Å². The molecular weight excluding hydrogens is 339 g/mol. The predicted octanol–water partition coefficient (Wildman–Crippen LogP) is 3.40. The summed E-state index contributed by atoms with van der Waals surface area (Å²) in [7, 11) is 0. The second-order valence-electron chi connectivity index (χ2n) is 4.22. The molecule has 0 amide bonds. The zero-order valence-electron chi connectivity index (χ0n) is 9.44. The normalized spacial score (nSPS) is 13.2. The van der Waals surface area contributed by atoms with Crippen LogP contribution in [0.1, 0.15) is 37.4 Å². The molecule has 0 saturated heterocycles. The van der Waals surface area contributed by atoms with E-state index in [9.17, 15) is 9.59 Å². The quantitative estimate of drug-likeness (QED) is 0.499. The lowest BCUT2D eigenvalue weighted by Crippen LogP contribution is -2.20. The summed E-state index contributed by atoms with van der Waals surface area (Å²) in [6.07, 6.45) is 0. The number of fused-ring (bicyclic) bond motifs is 2. The van der Waals surface area contributed by atoms with Crippen LogP contribution in [0.4, 0.5) is 0 Å². The van der Waals surface area contributed by atoms with Crippen molar-refractivity contribution in [1.82, 2.24) is 0 Å². The van der Waals surface area contributed by atoms with Crippen molar-refractivity contribution >= 4 is 34.2 Å². The maximum atomic E-state index is 12.4. The number of hydrogen-bond acceptors (Lipinski definition) is 2. The minimum atomic E-state index is -0.0554. The first-order chi connectivity index (χ1) is 8.72. The lowest BCUT2D eigenvalue weighted by atomic mass is 9.83. The Kier molecular flexibility index (Phi) is 2.78. The number of halogens is 1. The molecule has 3 rings (SSSR count). The van der Waals surface area contributed by atoms with E-state index in [4.69, 9.17) is 0 Å². The summed E-state index contributed by atoms with van der Waals surface area (Å²) in [5.74, 6) is -0.105. The van der Waals surface area contributed by atoms with Gasteiger partial charge in [0, 0.05) is 26.7 Å². The van der Waals surface area contributed by atoms with Gasteiger partial charge in [0.25, 0.3) is 0 Å². The van der Waals surface area contributed by atoms with E-state index in [0.717, 1.165) is 9.99 Å². The van der Waals surface area contributed by atoms with Crippen LogP contribution in [0, 0.1) is 0 Å². The summed E-state index contributed by atoms with van der Waals surface area (Å²) in [4.78, 5) is 24.7. The Labute approximate surface area is 118 Å². The third-order valence-electron chi connectivity index (χ3n) is 3.14. The summed E-state index contributed by atoms with van der Waals surface area (Å²) in [5.41, 5.74) is 3.15. The molecule has 2 nitrogen and oxygen atoms in total. The Morgan fingerprint density at radius 2 is 1.33 bits per heavy atom. The molecule has 0 atom stereocenters. The number of ketones is 2. The van der Waals surface area contributed by atoms with Gasteiger partial charge in [0.1, 0.15) is 0 Å². The third kappa shape index (κ3) is 1.61. The Morgan fingerprint density at radius 1 is 0.778 bits per heavy atom. The third-order valence-corrected chi connectivity index (χ3v) is 4.02. The molecule has 1 aliphatic rings. The van der Waals surface area contributed by atoms with Crippen LogP contribution in [0.2, 0.25) is 0 Å². The van der Waals surface area contributed by atoms with Crippen LogP contribution in [0.5, 0.6) is 0 Å². The maximum Gasteiger partial charge on any atom is 0.194 e. The lowest BCUT2D eigenvalue weighted by molar-refractivity contribution is 0.0979. The summed E-state index contributed by atoms with van der Waals surface area (Å²) in [5, 5.41) is 0. The smallest absolute Gasteiger partial charge is 0.194 e. The summed E-state index contributed by atoms with van der Waals surface area (Å²) in [6, 6.07) is 12.5. The van der Waals surface area contributed by atoms with Crippen LogP contribution in [-0.2, 0) is 4.43 Å². The standard InChI is InChI=1S/C15H9IO2/c16-8-9-5-6-12-13(7-9)15(18)11-4-2-1-3-10(11)14(12)17/h1-7H,8H2. The van der Waals surface area contributed by atoms with E-state index in [0.29, 0.717) is 22.3 Å². The summed E-state index contributed by atoms with van der Waals surface area (Å²) in [6.45, 7) is 0. The number of carbonyl (C=O) groups is 2. The van der Waals surface area contributed by atoms with Crippen LogP contribution < -0.4 is 0 Å². The highest BCUT2D eigenvalue weighted by atomic mass is 127. The number of alkyl halides is 1. The van der Waals surface area contributed by atoms with Crippen LogP contribution in [0.3, 0.4) is 0 Å². The molecule has 0 spiro atoms. The van der Waals surface area contributed by atoms with E-state index in [1.807, 2.05) is 12.1 Å². The molecule has 0 bridgehead atoms. The molecule has 0 aromatic heterocycles. The van der Waals surface area contributed by atoms with Crippen molar-refractivity contribution in [2.75, 3.05) is 0 Å². The largest absolute Gasteiger partial charge is 0.289 e. The first kappa shape index (κ1) is 11.6. The second kappa shape index (κ2) is 4.31. The van der Waals surface area contributed by atoms with Crippen LogP contribution in [0.15, 0.2) is 42.5 Å². The predicted molar refractivity (Wildman–Crippen MR) is 77.5 cm³/mol. The van der Waals surface area contributed by atoms with E-state index < -0.39 is 0 Å². The van der Waals surface area contributed by atoms with E-state index in [2.05, 4.69) is 22.6 Å². The van der Waals surface area contributed by atoms with Crippen molar-refractivity contribution in [3.05, 3.63) is 70.3 Å². The number of benzene rings is 2. The van der Waals surface area contributed by atoms with Gasteiger partial charge < -0.3 is 0 Å². The first-order valence-electron chi connectivity index (χ1n) is 5.59. The number of carbonyl (C=O) groups excluding carboxylic acids is 2. The highest BCUT2D eigenvalue weighted by Gasteiger charge is 2.29. The SMILES string of the molecule is O=C1c2ccccc2C(=O)c2cc(CI)ccc21. The Balaban J connectivity index is 2.27. The Hall–Kier alpha value is -1.49. The fourth-order valence-corrected chi connectivity index (χ4v) is 2.70. The van der Waals surface area contributed by atoms with E-state index in [-0.39, 0.29) is 11.6 Å². The minimum absolute atomic E-state index is 0.0492. The monoisotopic (exact) mass is 348 g/mol. The molecule has 2 aromatic carbocycles. The molecule has 88 valence electrons. The number of hydrogen-bond donors (Lipinski definition) is 0. The van der Waals surface area contributed by atoms with Crippen molar-refractivity contribution < 1.29 is 9.59 Å². The van der Waals surface area contributed by atoms with Gasteiger partial charge >= 0.3 is 0 Å². The van der Waals surface area contributed by atoms with Gasteiger partial charge in [0.05, 0.1) is 0 Å². The molecule has 2 aromatic rings. The van der Waals surface area contributed by atoms with E-state index >= 15 is 0 Å². The molecule has 0 saturated carbocycles. The molecule has 0 unspecified atom stereocenters. The topological polar surface area (TPSA) is 34.1 Å². The van der Waals surface area contributed by atoms with Crippen LogP contribution in [0.25, 0.3) is 0 Å². The van der Waals surface area contributed by atoms with Crippen molar-refractivity contribution in [3.8, 4) is 0 Å².